The quantitative estimate of drug-likeness (QED) is 0.765. The third kappa shape index (κ3) is 2.23. The predicted molar refractivity (Wildman–Crippen MR) is 71.9 cm³/mol. The van der Waals surface area contributed by atoms with Crippen LogP contribution in [0.3, 0.4) is 0 Å². The molecular formula is C14H15N3O2. The summed E-state index contributed by atoms with van der Waals surface area (Å²) in [6.45, 7) is 1.42. The molecule has 1 aromatic heterocycles. The molecule has 1 fully saturated rings. The van der Waals surface area contributed by atoms with Gasteiger partial charge in [-0.1, -0.05) is 18.2 Å². The van der Waals surface area contributed by atoms with Crippen molar-refractivity contribution in [2.75, 3.05) is 25.1 Å². The molecule has 2 heterocycles. The Balaban J connectivity index is 1.83. The van der Waals surface area contributed by atoms with Gasteiger partial charge in [-0.2, -0.15) is 0 Å². The summed E-state index contributed by atoms with van der Waals surface area (Å²) in [6, 6.07) is 7.88. The first-order chi connectivity index (χ1) is 9.28. The molecule has 0 amide bonds. The van der Waals surface area contributed by atoms with Crippen molar-refractivity contribution in [3.8, 4) is 0 Å². The average molecular weight is 257 g/mol. The SMILES string of the molecule is COC(=O)C1CCN(c2ncc3ccccc3n2)C1. The number of carbonyl (C=O) groups is 1. The standard InChI is InChI=1S/C14H15N3O2/c1-19-13(18)11-6-7-17(9-11)14-15-8-10-4-2-3-5-12(10)16-14/h2-5,8,11H,6-7,9H2,1H3. The number of nitrogens with zero attached hydrogens (tertiary/aromatic N) is 3. The lowest BCUT2D eigenvalue weighted by Gasteiger charge is -2.15. The largest absolute Gasteiger partial charge is 0.469 e. The zero-order valence-electron chi connectivity index (χ0n) is 10.7. The minimum absolute atomic E-state index is 0.0694. The molecule has 1 aromatic carbocycles. The number of carbonyl (C=O) groups excluding carboxylic acids is 1. The van der Waals surface area contributed by atoms with Gasteiger partial charge in [-0.15, -0.1) is 0 Å². The number of fused-ring (bicyclic) bond motifs is 1. The molecule has 98 valence electrons. The highest BCUT2D eigenvalue weighted by Crippen LogP contribution is 2.23. The van der Waals surface area contributed by atoms with E-state index in [-0.39, 0.29) is 11.9 Å². The third-order valence-corrected chi connectivity index (χ3v) is 3.48. The molecule has 0 saturated carbocycles. The van der Waals surface area contributed by atoms with Crippen LogP contribution in [0.1, 0.15) is 6.42 Å². The van der Waals surface area contributed by atoms with Gasteiger partial charge in [0.1, 0.15) is 0 Å². The lowest BCUT2D eigenvalue weighted by molar-refractivity contribution is -0.144. The Morgan fingerprint density at radius 3 is 3.11 bits per heavy atom. The first-order valence-corrected chi connectivity index (χ1v) is 6.32. The van der Waals surface area contributed by atoms with Crippen molar-refractivity contribution in [2.24, 2.45) is 5.92 Å². The molecule has 1 atom stereocenters. The number of ether oxygens (including phenoxy) is 1. The molecule has 1 saturated heterocycles. The van der Waals surface area contributed by atoms with Crippen LogP contribution >= 0.6 is 0 Å². The highest BCUT2D eigenvalue weighted by atomic mass is 16.5. The van der Waals surface area contributed by atoms with Crippen LogP contribution in [-0.2, 0) is 9.53 Å². The van der Waals surface area contributed by atoms with E-state index < -0.39 is 0 Å². The number of esters is 1. The summed E-state index contributed by atoms with van der Waals surface area (Å²) in [5.41, 5.74) is 0.925. The summed E-state index contributed by atoms with van der Waals surface area (Å²) in [4.78, 5) is 22.5. The number of anilines is 1. The van der Waals surface area contributed by atoms with E-state index in [9.17, 15) is 4.79 Å². The van der Waals surface area contributed by atoms with E-state index in [0.717, 1.165) is 23.9 Å². The van der Waals surface area contributed by atoms with Gasteiger partial charge in [-0.3, -0.25) is 4.79 Å². The second kappa shape index (κ2) is 4.84. The number of hydrogen-bond acceptors (Lipinski definition) is 5. The van der Waals surface area contributed by atoms with E-state index in [2.05, 4.69) is 9.97 Å². The van der Waals surface area contributed by atoms with Crippen molar-refractivity contribution < 1.29 is 9.53 Å². The van der Waals surface area contributed by atoms with Crippen molar-refractivity contribution >= 4 is 22.8 Å². The molecular weight excluding hydrogens is 242 g/mol. The van der Waals surface area contributed by atoms with Gasteiger partial charge in [-0.25, -0.2) is 9.97 Å². The highest BCUT2D eigenvalue weighted by Gasteiger charge is 2.30. The summed E-state index contributed by atoms with van der Waals surface area (Å²) >= 11 is 0. The van der Waals surface area contributed by atoms with Gasteiger partial charge in [0.2, 0.25) is 5.95 Å². The van der Waals surface area contributed by atoms with Crippen molar-refractivity contribution in [2.45, 2.75) is 6.42 Å². The zero-order chi connectivity index (χ0) is 13.2. The summed E-state index contributed by atoms with van der Waals surface area (Å²) < 4.78 is 4.78. The van der Waals surface area contributed by atoms with E-state index in [1.54, 1.807) is 0 Å². The maximum absolute atomic E-state index is 11.5. The normalized spacial score (nSPS) is 18.8. The van der Waals surface area contributed by atoms with Crippen LogP contribution in [0.25, 0.3) is 10.9 Å². The van der Waals surface area contributed by atoms with Crippen LogP contribution < -0.4 is 4.90 Å². The molecule has 0 N–H and O–H groups in total. The van der Waals surface area contributed by atoms with Gasteiger partial charge in [0.15, 0.2) is 0 Å². The summed E-state index contributed by atoms with van der Waals surface area (Å²) in [7, 11) is 1.43. The van der Waals surface area contributed by atoms with Crippen molar-refractivity contribution in [3.05, 3.63) is 30.5 Å². The van der Waals surface area contributed by atoms with Crippen LogP contribution in [0.4, 0.5) is 5.95 Å². The van der Waals surface area contributed by atoms with E-state index in [1.807, 2.05) is 35.4 Å². The van der Waals surface area contributed by atoms with E-state index in [4.69, 9.17) is 4.74 Å². The highest BCUT2D eigenvalue weighted by molar-refractivity contribution is 5.79. The van der Waals surface area contributed by atoms with Gasteiger partial charge in [0, 0.05) is 24.7 Å². The second-order valence-corrected chi connectivity index (χ2v) is 4.68. The molecule has 1 unspecified atom stereocenters. The Labute approximate surface area is 111 Å². The molecule has 0 radical (unpaired) electrons. The van der Waals surface area contributed by atoms with E-state index in [1.165, 1.54) is 7.11 Å². The molecule has 5 nitrogen and oxygen atoms in total. The molecule has 1 aliphatic rings. The van der Waals surface area contributed by atoms with Gasteiger partial charge in [-0.05, 0) is 12.5 Å². The number of rotatable bonds is 2. The number of para-hydroxylation sites is 1. The second-order valence-electron chi connectivity index (χ2n) is 4.68. The molecule has 5 heteroatoms. The number of benzene rings is 1. The summed E-state index contributed by atoms with van der Waals surface area (Å²) in [5, 5.41) is 1.02. The monoisotopic (exact) mass is 257 g/mol. The Kier molecular flexibility index (Phi) is 3.03. The third-order valence-electron chi connectivity index (χ3n) is 3.48. The number of methoxy groups -OCH3 is 1. The summed E-state index contributed by atoms with van der Waals surface area (Å²) in [6.07, 6.45) is 2.62. The Morgan fingerprint density at radius 2 is 2.26 bits per heavy atom. The zero-order valence-corrected chi connectivity index (χ0v) is 10.7. The summed E-state index contributed by atoms with van der Waals surface area (Å²) in [5.74, 6) is 0.466. The Hall–Kier alpha value is -2.17. The lowest BCUT2D eigenvalue weighted by Crippen LogP contribution is -2.25. The molecule has 2 aromatic rings. The maximum Gasteiger partial charge on any atom is 0.310 e. The van der Waals surface area contributed by atoms with Crippen LogP contribution in [-0.4, -0.2) is 36.1 Å². The number of aromatic nitrogens is 2. The molecule has 1 aliphatic heterocycles. The smallest absolute Gasteiger partial charge is 0.310 e. The average Bonchev–Trinajstić information content (AvgIpc) is 2.95. The van der Waals surface area contributed by atoms with Gasteiger partial charge in [0.25, 0.3) is 0 Å². The maximum atomic E-state index is 11.5. The van der Waals surface area contributed by atoms with E-state index >= 15 is 0 Å². The topological polar surface area (TPSA) is 55.3 Å². The number of hydrogen-bond donors (Lipinski definition) is 0. The van der Waals surface area contributed by atoms with Crippen LogP contribution in [0, 0.1) is 5.92 Å². The fourth-order valence-corrected chi connectivity index (χ4v) is 2.42. The minimum Gasteiger partial charge on any atom is -0.469 e. The first kappa shape index (κ1) is 11.9. The fourth-order valence-electron chi connectivity index (χ4n) is 2.42. The van der Waals surface area contributed by atoms with Crippen molar-refractivity contribution in [1.82, 2.24) is 9.97 Å². The van der Waals surface area contributed by atoms with Crippen LogP contribution in [0.2, 0.25) is 0 Å². The Morgan fingerprint density at radius 1 is 1.42 bits per heavy atom. The van der Waals surface area contributed by atoms with Crippen molar-refractivity contribution in [3.63, 3.8) is 0 Å². The molecule has 0 bridgehead atoms. The van der Waals surface area contributed by atoms with Gasteiger partial charge >= 0.3 is 5.97 Å². The molecule has 0 aliphatic carbocycles. The molecule has 0 spiro atoms. The van der Waals surface area contributed by atoms with Gasteiger partial charge in [0.05, 0.1) is 18.5 Å². The van der Waals surface area contributed by atoms with Crippen molar-refractivity contribution in [1.29, 1.82) is 0 Å². The fraction of sp³-hybridized carbons (Fsp3) is 0.357. The molecule has 3 rings (SSSR count). The minimum atomic E-state index is -0.150. The van der Waals surface area contributed by atoms with Crippen LogP contribution in [0.5, 0.6) is 0 Å². The lowest BCUT2D eigenvalue weighted by atomic mass is 10.1. The Bertz CT molecular complexity index is 614. The molecule has 19 heavy (non-hydrogen) atoms. The van der Waals surface area contributed by atoms with E-state index in [0.29, 0.717) is 12.5 Å². The predicted octanol–water partition coefficient (Wildman–Crippen LogP) is 1.63. The van der Waals surface area contributed by atoms with Crippen LogP contribution in [0.15, 0.2) is 30.5 Å². The van der Waals surface area contributed by atoms with Gasteiger partial charge < -0.3 is 9.64 Å². The first-order valence-electron chi connectivity index (χ1n) is 6.32.